The molecule has 0 aliphatic rings. The first-order chi connectivity index (χ1) is 11.1. The third kappa shape index (κ3) is 16.3. The summed E-state index contributed by atoms with van der Waals surface area (Å²) in [6.45, 7) is 4.67. The zero-order valence-corrected chi connectivity index (χ0v) is 16.9. The van der Waals surface area contributed by atoms with Crippen LogP contribution in [0.1, 0.15) is 78.1 Å². The third-order valence-electron chi connectivity index (χ3n) is 3.92. The van der Waals surface area contributed by atoms with Crippen molar-refractivity contribution in [2.45, 2.75) is 84.1 Å². The number of hydrogen-bond acceptors (Lipinski definition) is 4. The first-order valence-electron chi connectivity index (χ1n) is 9.31. The van der Waals surface area contributed by atoms with Crippen LogP contribution in [0.25, 0.3) is 0 Å². The second kappa shape index (κ2) is 16.5. The average Bonchev–Trinajstić information content (AvgIpc) is 2.54. The van der Waals surface area contributed by atoms with E-state index in [1.165, 1.54) is 44.9 Å². The van der Waals surface area contributed by atoms with Crippen LogP contribution in [0, 0.1) is 5.92 Å². The lowest BCUT2D eigenvalue weighted by molar-refractivity contribution is -0.144. The molecule has 0 aromatic rings. The molecular weight excluding hydrogens is 308 g/mol. The second-order valence-corrected chi connectivity index (χ2v) is 9.08. The molecule has 0 spiro atoms. The number of hydrogen-bond donors (Lipinski definition) is 0. The normalized spacial score (nSPS) is 11.4. The van der Waals surface area contributed by atoms with Crippen molar-refractivity contribution < 1.29 is 18.4 Å². The van der Waals surface area contributed by atoms with E-state index in [0.717, 1.165) is 18.9 Å². The lowest BCUT2D eigenvalue weighted by atomic mass is 10.1. The lowest BCUT2D eigenvalue weighted by Crippen LogP contribution is -2.18. The van der Waals surface area contributed by atoms with Gasteiger partial charge in [-0.05, 0) is 18.4 Å². The predicted molar refractivity (Wildman–Crippen MR) is 97.9 cm³/mol. The molecule has 0 bridgehead atoms. The van der Waals surface area contributed by atoms with Crippen LogP contribution in [0.2, 0.25) is 6.04 Å². The van der Waals surface area contributed by atoms with E-state index < -0.39 is 9.28 Å². The molecule has 0 atom stereocenters. The van der Waals surface area contributed by atoms with Gasteiger partial charge in [0.05, 0.1) is 6.61 Å². The fourth-order valence-corrected chi connectivity index (χ4v) is 3.77. The zero-order valence-electron chi connectivity index (χ0n) is 15.8. The van der Waals surface area contributed by atoms with E-state index in [-0.39, 0.29) is 5.97 Å². The van der Waals surface area contributed by atoms with Gasteiger partial charge in [0.25, 0.3) is 0 Å². The summed E-state index contributed by atoms with van der Waals surface area (Å²) in [6.07, 6.45) is 11.7. The van der Waals surface area contributed by atoms with Gasteiger partial charge in [-0.3, -0.25) is 4.79 Å². The Kier molecular flexibility index (Phi) is 16.2. The van der Waals surface area contributed by atoms with Crippen molar-refractivity contribution in [2.24, 2.45) is 5.92 Å². The topological polar surface area (TPSA) is 44.8 Å². The SMILES string of the molecule is CO[SiH](CCCCCCCCCCCC(=O)OCC(C)C)OC. The van der Waals surface area contributed by atoms with Crippen molar-refractivity contribution >= 4 is 15.3 Å². The quantitative estimate of drug-likeness (QED) is 0.233. The Morgan fingerprint density at radius 1 is 0.826 bits per heavy atom. The molecule has 0 heterocycles. The molecular formula is C18H38O4Si. The fourth-order valence-electron chi connectivity index (χ4n) is 2.48. The van der Waals surface area contributed by atoms with Crippen LogP contribution in [0.5, 0.6) is 0 Å². The molecule has 0 saturated heterocycles. The van der Waals surface area contributed by atoms with Gasteiger partial charge in [-0.2, -0.15) is 0 Å². The molecule has 0 aromatic carbocycles. The van der Waals surface area contributed by atoms with Gasteiger partial charge in [0.15, 0.2) is 0 Å². The van der Waals surface area contributed by atoms with Gasteiger partial charge in [0.2, 0.25) is 0 Å². The Morgan fingerprint density at radius 3 is 1.78 bits per heavy atom. The van der Waals surface area contributed by atoms with E-state index in [9.17, 15) is 4.79 Å². The largest absolute Gasteiger partial charge is 0.465 e. The molecule has 5 heteroatoms. The first kappa shape index (κ1) is 22.6. The van der Waals surface area contributed by atoms with Crippen molar-refractivity contribution in [3.63, 3.8) is 0 Å². The molecule has 0 saturated carbocycles. The smallest absolute Gasteiger partial charge is 0.320 e. The van der Waals surface area contributed by atoms with Crippen LogP contribution in [0.15, 0.2) is 0 Å². The van der Waals surface area contributed by atoms with Crippen LogP contribution in [0.4, 0.5) is 0 Å². The Balaban J connectivity index is 3.20. The maximum absolute atomic E-state index is 11.4. The molecule has 0 unspecified atom stereocenters. The first-order valence-corrected chi connectivity index (χ1v) is 11.1. The Bertz CT molecular complexity index is 268. The summed E-state index contributed by atoms with van der Waals surface area (Å²) in [5.74, 6) is 0.392. The van der Waals surface area contributed by atoms with Crippen LogP contribution < -0.4 is 0 Å². The van der Waals surface area contributed by atoms with E-state index in [1.807, 2.05) is 0 Å². The molecule has 0 N–H and O–H groups in total. The van der Waals surface area contributed by atoms with Gasteiger partial charge >= 0.3 is 15.3 Å². The molecule has 0 aliphatic carbocycles. The van der Waals surface area contributed by atoms with Gasteiger partial charge in [-0.15, -0.1) is 0 Å². The highest BCUT2D eigenvalue weighted by Gasteiger charge is 2.08. The lowest BCUT2D eigenvalue weighted by Gasteiger charge is -2.10. The third-order valence-corrected chi connectivity index (χ3v) is 5.86. The summed E-state index contributed by atoms with van der Waals surface area (Å²) in [6, 6.07) is 1.12. The number of rotatable bonds is 16. The minimum absolute atomic E-state index is 0.0346. The number of carbonyl (C=O) groups excluding carboxylic acids is 1. The van der Waals surface area contributed by atoms with Crippen molar-refractivity contribution in [3.05, 3.63) is 0 Å². The number of esters is 1. The highest BCUT2D eigenvalue weighted by molar-refractivity contribution is 6.44. The maximum Gasteiger partial charge on any atom is 0.320 e. The minimum Gasteiger partial charge on any atom is -0.465 e. The van der Waals surface area contributed by atoms with Gasteiger partial charge in [0, 0.05) is 20.6 Å². The van der Waals surface area contributed by atoms with Crippen molar-refractivity contribution in [1.82, 2.24) is 0 Å². The maximum atomic E-state index is 11.4. The Labute approximate surface area is 145 Å². The molecule has 0 fully saturated rings. The molecule has 0 rings (SSSR count). The van der Waals surface area contributed by atoms with Crippen molar-refractivity contribution in [3.8, 4) is 0 Å². The highest BCUT2D eigenvalue weighted by Crippen LogP contribution is 2.12. The summed E-state index contributed by atoms with van der Waals surface area (Å²) < 4.78 is 15.8. The van der Waals surface area contributed by atoms with Crippen LogP contribution >= 0.6 is 0 Å². The second-order valence-electron chi connectivity index (χ2n) is 6.70. The van der Waals surface area contributed by atoms with Crippen molar-refractivity contribution in [1.29, 1.82) is 0 Å². The zero-order chi connectivity index (χ0) is 17.3. The predicted octanol–water partition coefficient (Wildman–Crippen LogP) is 4.60. The number of carbonyl (C=O) groups is 1. The van der Waals surface area contributed by atoms with Gasteiger partial charge in [-0.25, -0.2) is 0 Å². The summed E-state index contributed by atoms with van der Waals surface area (Å²) in [4.78, 5) is 11.4. The average molecular weight is 347 g/mol. The summed E-state index contributed by atoms with van der Waals surface area (Å²) in [5, 5.41) is 0. The van der Waals surface area contributed by atoms with E-state index >= 15 is 0 Å². The van der Waals surface area contributed by atoms with E-state index in [0.29, 0.717) is 18.9 Å². The standard InChI is InChI=1S/C18H38O4Si/c1-17(2)16-22-18(19)14-12-10-8-6-5-7-9-11-13-15-23(20-3)21-4/h17,23H,5-16H2,1-4H3. The summed E-state index contributed by atoms with van der Waals surface area (Å²) in [5.41, 5.74) is 0. The molecule has 23 heavy (non-hydrogen) atoms. The molecule has 0 amide bonds. The van der Waals surface area contributed by atoms with Gasteiger partial charge < -0.3 is 13.6 Å². The molecule has 0 aromatic heterocycles. The van der Waals surface area contributed by atoms with Crippen LogP contribution in [-0.2, 0) is 18.4 Å². The van der Waals surface area contributed by atoms with Crippen LogP contribution in [-0.4, -0.2) is 36.1 Å². The van der Waals surface area contributed by atoms with Gasteiger partial charge in [-0.1, -0.05) is 65.2 Å². The molecule has 0 aliphatic heterocycles. The van der Waals surface area contributed by atoms with E-state index in [4.69, 9.17) is 13.6 Å². The monoisotopic (exact) mass is 346 g/mol. The van der Waals surface area contributed by atoms with E-state index in [1.54, 1.807) is 14.2 Å². The molecule has 4 nitrogen and oxygen atoms in total. The fraction of sp³-hybridized carbons (Fsp3) is 0.944. The van der Waals surface area contributed by atoms with Gasteiger partial charge in [0.1, 0.15) is 0 Å². The Hall–Kier alpha value is -0.393. The van der Waals surface area contributed by atoms with E-state index in [2.05, 4.69) is 13.8 Å². The summed E-state index contributed by atoms with van der Waals surface area (Å²) >= 11 is 0. The number of ether oxygens (including phenoxy) is 1. The molecule has 138 valence electrons. The minimum atomic E-state index is -1.33. The number of unbranched alkanes of at least 4 members (excludes halogenated alkanes) is 8. The van der Waals surface area contributed by atoms with Crippen molar-refractivity contribution in [2.75, 3.05) is 20.8 Å². The highest BCUT2D eigenvalue weighted by atomic mass is 28.3. The Morgan fingerprint density at radius 2 is 1.30 bits per heavy atom. The molecule has 0 radical (unpaired) electrons. The summed E-state index contributed by atoms with van der Waals surface area (Å²) in [7, 11) is 2.18. The van der Waals surface area contributed by atoms with Crippen LogP contribution in [0.3, 0.4) is 0 Å².